The van der Waals surface area contributed by atoms with Crippen LogP contribution in [0.1, 0.15) is 33.3 Å². The highest BCUT2D eigenvalue weighted by Gasteiger charge is 2.20. The van der Waals surface area contributed by atoms with Crippen LogP contribution in [0.25, 0.3) is 0 Å². The third-order valence-corrected chi connectivity index (χ3v) is 2.93. The van der Waals surface area contributed by atoms with Crippen LogP contribution in [0.2, 0.25) is 0 Å². The van der Waals surface area contributed by atoms with Crippen LogP contribution in [0.4, 0.5) is 4.39 Å². The van der Waals surface area contributed by atoms with Gasteiger partial charge in [0.15, 0.2) is 5.96 Å². The Bertz CT molecular complexity index is 419. The number of aliphatic imine (C=N–C) groups is 1. The van der Waals surface area contributed by atoms with Crippen molar-refractivity contribution >= 4 is 5.96 Å². The summed E-state index contributed by atoms with van der Waals surface area (Å²) in [5.41, 5.74) is 0.765. The fourth-order valence-corrected chi connectivity index (χ4v) is 1.79. The number of rotatable bonds is 5. The number of nitrogens with zero attached hydrogens (tertiary/aromatic N) is 1. The molecule has 0 aliphatic carbocycles. The van der Waals surface area contributed by atoms with Crippen molar-refractivity contribution in [2.75, 3.05) is 19.6 Å². The molecule has 0 bridgehead atoms. The number of benzene rings is 1. The molecule has 0 aliphatic heterocycles. The quantitative estimate of drug-likeness (QED) is 0.634. The van der Waals surface area contributed by atoms with E-state index in [0.717, 1.165) is 24.6 Å². The van der Waals surface area contributed by atoms with Crippen molar-refractivity contribution in [3.63, 3.8) is 0 Å². The topological polar surface area (TPSA) is 36.4 Å². The van der Waals surface area contributed by atoms with Gasteiger partial charge in [-0.3, -0.25) is 4.99 Å². The highest BCUT2D eigenvalue weighted by Crippen LogP contribution is 2.23. The zero-order valence-corrected chi connectivity index (χ0v) is 12.3. The van der Waals surface area contributed by atoms with Gasteiger partial charge in [-0.05, 0) is 31.5 Å². The Morgan fingerprint density at radius 1 is 1.21 bits per heavy atom. The molecule has 1 rings (SSSR count). The Morgan fingerprint density at radius 3 is 2.37 bits per heavy atom. The maximum atomic E-state index is 13.3. The molecule has 0 aromatic heterocycles. The Labute approximate surface area is 115 Å². The van der Waals surface area contributed by atoms with Gasteiger partial charge in [0.25, 0.3) is 0 Å². The zero-order chi connectivity index (χ0) is 14.3. The van der Waals surface area contributed by atoms with Crippen molar-refractivity contribution in [2.24, 2.45) is 4.99 Å². The van der Waals surface area contributed by atoms with Gasteiger partial charge in [0.2, 0.25) is 0 Å². The molecule has 1 aromatic rings. The van der Waals surface area contributed by atoms with E-state index in [1.54, 1.807) is 12.1 Å². The van der Waals surface area contributed by atoms with Gasteiger partial charge in [-0.25, -0.2) is 4.39 Å². The lowest BCUT2D eigenvalue weighted by Crippen LogP contribution is -2.38. The van der Waals surface area contributed by atoms with Crippen molar-refractivity contribution in [1.29, 1.82) is 0 Å². The maximum absolute atomic E-state index is 13.3. The Hall–Kier alpha value is -1.58. The molecule has 3 nitrogen and oxygen atoms in total. The third kappa shape index (κ3) is 4.89. The van der Waals surface area contributed by atoms with Gasteiger partial charge in [-0.2, -0.15) is 0 Å². The van der Waals surface area contributed by atoms with Crippen LogP contribution in [0.15, 0.2) is 29.3 Å². The van der Waals surface area contributed by atoms with Gasteiger partial charge in [0.1, 0.15) is 5.82 Å². The van der Waals surface area contributed by atoms with E-state index < -0.39 is 0 Å². The van der Waals surface area contributed by atoms with E-state index in [9.17, 15) is 4.39 Å². The molecule has 0 spiro atoms. The second kappa shape index (κ2) is 7.12. The average molecular weight is 265 g/mol. The number of halogens is 1. The highest BCUT2D eigenvalue weighted by molar-refractivity contribution is 5.79. The average Bonchev–Trinajstić information content (AvgIpc) is 2.37. The number of nitrogens with one attached hydrogen (secondary N) is 2. The summed E-state index contributed by atoms with van der Waals surface area (Å²) in [7, 11) is 0. The smallest absolute Gasteiger partial charge is 0.191 e. The summed E-state index contributed by atoms with van der Waals surface area (Å²) in [6.07, 6.45) is 0. The van der Waals surface area contributed by atoms with Crippen molar-refractivity contribution in [1.82, 2.24) is 10.6 Å². The first-order valence-electron chi connectivity index (χ1n) is 6.78. The van der Waals surface area contributed by atoms with E-state index in [1.807, 2.05) is 19.9 Å². The monoisotopic (exact) mass is 265 g/mol. The second-order valence-electron chi connectivity index (χ2n) is 5.12. The molecule has 0 saturated heterocycles. The van der Waals surface area contributed by atoms with E-state index in [2.05, 4.69) is 29.5 Å². The molecule has 0 amide bonds. The van der Waals surface area contributed by atoms with E-state index in [0.29, 0.717) is 6.54 Å². The van der Waals surface area contributed by atoms with Crippen LogP contribution in [0.3, 0.4) is 0 Å². The Morgan fingerprint density at radius 2 is 1.84 bits per heavy atom. The summed E-state index contributed by atoms with van der Waals surface area (Å²) in [5.74, 6) is 0.600. The molecule has 0 heterocycles. The number of hydrogen-bond acceptors (Lipinski definition) is 1. The molecule has 19 heavy (non-hydrogen) atoms. The van der Waals surface area contributed by atoms with E-state index in [1.165, 1.54) is 6.07 Å². The Balaban J connectivity index is 2.80. The first kappa shape index (κ1) is 15.5. The van der Waals surface area contributed by atoms with Gasteiger partial charge in [-0.15, -0.1) is 0 Å². The molecule has 0 radical (unpaired) electrons. The minimum Gasteiger partial charge on any atom is -0.357 e. The SMILES string of the molecule is CCNC(=NCC(C)(C)c1cccc(F)c1)NCC. The minimum atomic E-state index is -0.201. The third-order valence-electron chi connectivity index (χ3n) is 2.93. The molecule has 1 aromatic carbocycles. The van der Waals surface area contributed by atoms with Crippen LogP contribution in [-0.4, -0.2) is 25.6 Å². The van der Waals surface area contributed by atoms with Crippen molar-refractivity contribution in [3.05, 3.63) is 35.6 Å². The van der Waals surface area contributed by atoms with Crippen LogP contribution in [0, 0.1) is 5.82 Å². The van der Waals surface area contributed by atoms with Gasteiger partial charge in [0.05, 0.1) is 6.54 Å². The summed E-state index contributed by atoms with van der Waals surface area (Å²) in [6.45, 7) is 10.5. The molecule has 2 N–H and O–H groups in total. The van der Waals surface area contributed by atoms with Crippen molar-refractivity contribution in [2.45, 2.75) is 33.1 Å². The Kier molecular flexibility index (Phi) is 5.80. The van der Waals surface area contributed by atoms with Gasteiger partial charge in [-0.1, -0.05) is 26.0 Å². The normalized spacial score (nSPS) is 11.0. The molecule has 0 atom stereocenters. The van der Waals surface area contributed by atoms with Gasteiger partial charge >= 0.3 is 0 Å². The molecule has 0 fully saturated rings. The van der Waals surface area contributed by atoms with E-state index in [4.69, 9.17) is 0 Å². The van der Waals surface area contributed by atoms with Crippen molar-refractivity contribution in [3.8, 4) is 0 Å². The summed E-state index contributed by atoms with van der Waals surface area (Å²) in [6, 6.07) is 6.73. The molecule has 0 unspecified atom stereocenters. The lowest BCUT2D eigenvalue weighted by molar-refractivity contribution is 0.529. The highest BCUT2D eigenvalue weighted by atomic mass is 19.1. The summed E-state index contributed by atoms with van der Waals surface area (Å²) in [4.78, 5) is 4.55. The molecule has 4 heteroatoms. The molecule has 0 saturated carbocycles. The first-order chi connectivity index (χ1) is 8.99. The predicted molar refractivity (Wildman–Crippen MR) is 79.1 cm³/mol. The van der Waals surface area contributed by atoms with Crippen LogP contribution < -0.4 is 10.6 Å². The lowest BCUT2D eigenvalue weighted by atomic mass is 9.85. The summed E-state index contributed by atoms with van der Waals surface area (Å²) >= 11 is 0. The standard InChI is InChI=1S/C15H24FN3/c1-5-17-14(18-6-2)19-11-15(3,4)12-8-7-9-13(16)10-12/h7-10H,5-6,11H2,1-4H3,(H2,17,18,19). The predicted octanol–water partition coefficient (Wildman–Crippen LogP) is 2.68. The second-order valence-corrected chi connectivity index (χ2v) is 5.12. The van der Waals surface area contributed by atoms with E-state index in [-0.39, 0.29) is 11.2 Å². The molecular formula is C15H24FN3. The largest absolute Gasteiger partial charge is 0.357 e. The lowest BCUT2D eigenvalue weighted by Gasteiger charge is -2.24. The molecule has 106 valence electrons. The zero-order valence-electron chi connectivity index (χ0n) is 12.3. The fraction of sp³-hybridized carbons (Fsp3) is 0.533. The fourth-order valence-electron chi connectivity index (χ4n) is 1.79. The first-order valence-corrected chi connectivity index (χ1v) is 6.78. The van der Waals surface area contributed by atoms with Gasteiger partial charge < -0.3 is 10.6 Å². The van der Waals surface area contributed by atoms with Crippen LogP contribution in [-0.2, 0) is 5.41 Å². The summed E-state index contributed by atoms with van der Waals surface area (Å²) < 4.78 is 13.3. The van der Waals surface area contributed by atoms with Gasteiger partial charge in [0, 0.05) is 18.5 Å². The maximum Gasteiger partial charge on any atom is 0.191 e. The molecular weight excluding hydrogens is 241 g/mol. The number of guanidine groups is 1. The van der Waals surface area contributed by atoms with Crippen molar-refractivity contribution < 1.29 is 4.39 Å². The van der Waals surface area contributed by atoms with Crippen LogP contribution >= 0.6 is 0 Å². The van der Waals surface area contributed by atoms with Crippen LogP contribution in [0.5, 0.6) is 0 Å². The minimum absolute atomic E-state index is 0.196. The number of hydrogen-bond donors (Lipinski definition) is 2. The molecule has 0 aliphatic rings. The summed E-state index contributed by atoms with van der Waals surface area (Å²) in [5, 5.41) is 6.37. The van der Waals surface area contributed by atoms with E-state index >= 15 is 0 Å².